The zero-order valence-corrected chi connectivity index (χ0v) is 13.7. The molecule has 0 spiro atoms. The van der Waals surface area contributed by atoms with E-state index >= 15 is 0 Å². The first kappa shape index (κ1) is 15.1. The molecule has 0 radical (unpaired) electrons. The molecular weight excluding hydrogens is 300 g/mol. The minimum atomic E-state index is -0.0435. The fraction of sp³-hybridized carbons (Fsp3) is 0.643. The highest BCUT2D eigenvalue weighted by Gasteiger charge is 2.19. The molecule has 0 aromatic carbocycles. The Morgan fingerprint density at radius 3 is 2.95 bits per heavy atom. The molecule has 8 heteroatoms. The Morgan fingerprint density at radius 1 is 1.41 bits per heavy atom. The monoisotopic (exact) mass is 320 g/mol. The van der Waals surface area contributed by atoms with E-state index in [0.29, 0.717) is 18.8 Å². The summed E-state index contributed by atoms with van der Waals surface area (Å²) in [6.07, 6.45) is 5.04. The lowest BCUT2D eigenvalue weighted by Crippen LogP contribution is -2.27. The van der Waals surface area contributed by atoms with E-state index in [2.05, 4.69) is 20.8 Å². The predicted octanol–water partition coefficient (Wildman–Crippen LogP) is 1.58. The van der Waals surface area contributed by atoms with Gasteiger partial charge in [-0.05, 0) is 50.0 Å². The summed E-state index contributed by atoms with van der Waals surface area (Å²) in [5.74, 6) is 0.712. The Bertz CT molecular complexity index is 641. The number of amides is 1. The van der Waals surface area contributed by atoms with Crippen molar-refractivity contribution in [1.82, 2.24) is 30.5 Å². The Balaban J connectivity index is 1.54. The van der Waals surface area contributed by atoms with Gasteiger partial charge in [-0.3, -0.25) is 4.79 Å². The number of nitrogens with one attached hydrogen (secondary N) is 1. The highest BCUT2D eigenvalue weighted by atomic mass is 32.1. The second-order valence-corrected chi connectivity index (χ2v) is 6.73. The maximum Gasteiger partial charge on any atom is 0.222 e. The van der Waals surface area contributed by atoms with E-state index in [1.165, 1.54) is 23.4 Å². The summed E-state index contributed by atoms with van der Waals surface area (Å²) in [4.78, 5) is 18.1. The molecule has 1 N–H and O–H groups in total. The molecule has 0 saturated carbocycles. The van der Waals surface area contributed by atoms with E-state index in [1.54, 1.807) is 16.0 Å². The third kappa shape index (κ3) is 3.32. The summed E-state index contributed by atoms with van der Waals surface area (Å²) in [7, 11) is 0. The van der Waals surface area contributed by atoms with Crippen molar-refractivity contribution in [2.24, 2.45) is 0 Å². The first-order chi connectivity index (χ1) is 10.6. The van der Waals surface area contributed by atoms with Crippen LogP contribution in [-0.4, -0.2) is 31.1 Å². The van der Waals surface area contributed by atoms with Crippen LogP contribution >= 0.6 is 11.3 Å². The van der Waals surface area contributed by atoms with Gasteiger partial charge < -0.3 is 5.32 Å². The average molecular weight is 320 g/mol. The van der Waals surface area contributed by atoms with Crippen LogP contribution < -0.4 is 5.32 Å². The number of nitrogens with zero attached hydrogens (tertiary/aromatic N) is 5. The first-order valence-electron chi connectivity index (χ1n) is 7.64. The molecular formula is C14H20N6OS. The van der Waals surface area contributed by atoms with Gasteiger partial charge in [-0.25, -0.2) is 9.67 Å². The molecule has 0 fully saturated rings. The second-order valence-electron chi connectivity index (χ2n) is 5.62. The van der Waals surface area contributed by atoms with Crippen LogP contribution in [0.25, 0.3) is 0 Å². The molecule has 0 unspecified atom stereocenters. The van der Waals surface area contributed by atoms with Crippen molar-refractivity contribution in [2.75, 3.05) is 0 Å². The molecule has 1 amide bonds. The van der Waals surface area contributed by atoms with Gasteiger partial charge in [0.05, 0.1) is 18.3 Å². The molecule has 2 heterocycles. The number of carbonyl (C=O) groups is 1. The van der Waals surface area contributed by atoms with Gasteiger partial charge in [-0.2, -0.15) is 0 Å². The Labute approximate surface area is 133 Å². The second kappa shape index (κ2) is 6.51. The van der Waals surface area contributed by atoms with E-state index in [0.717, 1.165) is 17.8 Å². The van der Waals surface area contributed by atoms with E-state index in [-0.39, 0.29) is 11.9 Å². The standard InChI is InChI=1S/C14H20N6OS/c1-9(14-16-11-5-3-4-6-12(11)22-14)15-13(21)7-8-20-10(2)17-18-19-20/h9H,3-8H2,1-2H3,(H,15,21)/t9-/m0/s1. The molecule has 2 aromatic heterocycles. The van der Waals surface area contributed by atoms with Gasteiger partial charge in [0, 0.05) is 11.3 Å². The van der Waals surface area contributed by atoms with Gasteiger partial charge in [0.1, 0.15) is 10.8 Å². The third-order valence-electron chi connectivity index (χ3n) is 3.87. The number of thiazole rings is 1. The van der Waals surface area contributed by atoms with E-state index < -0.39 is 0 Å². The zero-order chi connectivity index (χ0) is 15.5. The average Bonchev–Trinajstić information content (AvgIpc) is 3.11. The fourth-order valence-corrected chi connectivity index (χ4v) is 3.75. The van der Waals surface area contributed by atoms with Crippen molar-refractivity contribution in [2.45, 2.75) is 58.5 Å². The number of aryl methyl sites for hydroxylation is 4. The molecule has 0 saturated heterocycles. The van der Waals surface area contributed by atoms with Crippen LogP contribution in [0, 0.1) is 6.92 Å². The minimum Gasteiger partial charge on any atom is -0.347 e. The summed E-state index contributed by atoms with van der Waals surface area (Å²) in [5.41, 5.74) is 1.23. The topological polar surface area (TPSA) is 85.6 Å². The molecule has 2 aromatic rings. The van der Waals surface area contributed by atoms with Crippen molar-refractivity contribution in [3.8, 4) is 0 Å². The lowest BCUT2D eigenvalue weighted by Gasteiger charge is -2.11. The summed E-state index contributed by atoms with van der Waals surface area (Å²) in [6, 6.07) is -0.0435. The number of rotatable bonds is 5. The normalized spacial score (nSPS) is 15.4. The van der Waals surface area contributed by atoms with Gasteiger partial charge in [0.15, 0.2) is 0 Å². The van der Waals surface area contributed by atoms with Crippen LogP contribution in [0.4, 0.5) is 0 Å². The molecule has 1 atom stereocenters. The van der Waals surface area contributed by atoms with Gasteiger partial charge in [0.2, 0.25) is 5.91 Å². The summed E-state index contributed by atoms with van der Waals surface area (Å²) in [5, 5.41) is 15.2. The molecule has 7 nitrogen and oxygen atoms in total. The van der Waals surface area contributed by atoms with Crippen molar-refractivity contribution in [3.63, 3.8) is 0 Å². The lowest BCUT2D eigenvalue weighted by atomic mass is 10.0. The van der Waals surface area contributed by atoms with Crippen LogP contribution in [0.1, 0.15) is 53.6 Å². The molecule has 22 heavy (non-hydrogen) atoms. The van der Waals surface area contributed by atoms with Crippen molar-refractivity contribution in [3.05, 3.63) is 21.4 Å². The smallest absolute Gasteiger partial charge is 0.222 e. The molecule has 0 bridgehead atoms. The zero-order valence-electron chi connectivity index (χ0n) is 12.9. The number of carbonyl (C=O) groups excluding carboxylic acids is 1. The number of fused-ring (bicyclic) bond motifs is 1. The van der Waals surface area contributed by atoms with E-state index in [4.69, 9.17) is 4.98 Å². The van der Waals surface area contributed by atoms with Crippen molar-refractivity contribution in [1.29, 1.82) is 0 Å². The Hall–Kier alpha value is -1.83. The number of tetrazole rings is 1. The largest absolute Gasteiger partial charge is 0.347 e. The van der Waals surface area contributed by atoms with Crippen molar-refractivity contribution >= 4 is 17.2 Å². The van der Waals surface area contributed by atoms with E-state index in [9.17, 15) is 4.79 Å². The van der Waals surface area contributed by atoms with Crippen LogP contribution in [0.5, 0.6) is 0 Å². The summed E-state index contributed by atoms with van der Waals surface area (Å²) >= 11 is 1.74. The van der Waals surface area contributed by atoms with E-state index in [1.807, 2.05) is 13.8 Å². The maximum atomic E-state index is 12.1. The number of hydrogen-bond acceptors (Lipinski definition) is 6. The summed E-state index contributed by atoms with van der Waals surface area (Å²) < 4.78 is 1.63. The molecule has 1 aliphatic carbocycles. The van der Waals surface area contributed by atoms with Crippen molar-refractivity contribution < 1.29 is 4.79 Å². The first-order valence-corrected chi connectivity index (χ1v) is 8.45. The SMILES string of the molecule is Cc1nnnn1CCC(=O)N[C@@H](C)c1nc2c(s1)CCCC2. The minimum absolute atomic E-state index is 0.00410. The quantitative estimate of drug-likeness (QED) is 0.904. The van der Waals surface area contributed by atoms with Crippen LogP contribution in [-0.2, 0) is 24.2 Å². The van der Waals surface area contributed by atoms with Gasteiger partial charge in [0.25, 0.3) is 0 Å². The van der Waals surface area contributed by atoms with Crippen LogP contribution in [0.2, 0.25) is 0 Å². The van der Waals surface area contributed by atoms with Gasteiger partial charge >= 0.3 is 0 Å². The molecule has 0 aliphatic heterocycles. The van der Waals surface area contributed by atoms with Crippen LogP contribution in [0.3, 0.4) is 0 Å². The predicted molar refractivity (Wildman–Crippen MR) is 82.5 cm³/mol. The third-order valence-corrected chi connectivity index (χ3v) is 5.21. The molecule has 118 valence electrons. The molecule has 3 rings (SSSR count). The summed E-state index contributed by atoms with van der Waals surface area (Å²) in [6.45, 7) is 4.30. The highest BCUT2D eigenvalue weighted by Crippen LogP contribution is 2.29. The highest BCUT2D eigenvalue weighted by molar-refractivity contribution is 7.11. The van der Waals surface area contributed by atoms with Gasteiger partial charge in [-0.15, -0.1) is 16.4 Å². The Morgan fingerprint density at radius 2 is 2.23 bits per heavy atom. The number of aromatic nitrogens is 5. The number of hydrogen-bond donors (Lipinski definition) is 1. The van der Waals surface area contributed by atoms with Crippen LogP contribution in [0.15, 0.2) is 0 Å². The molecule has 1 aliphatic rings. The fourth-order valence-electron chi connectivity index (χ4n) is 2.60. The van der Waals surface area contributed by atoms with Gasteiger partial charge in [-0.1, -0.05) is 0 Å². The Kier molecular flexibility index (Phi) is 4.47. The maximum absolute atomic E-state index is 12.1. The lowest BCUT2D eigenvalue weighted by molar-refractivity contribution is -0.122.